The van der Waals surface area contributed by atoms with Gasteiger partial charge in [-0.15, -0.1) is 5.10 Å². The van der Waals surface area contributed by atoms with Gasteiger partial charge in [0.15, 0.2) is 0 Å². The van der Waals surface area contributed by atoms with Gasteiger partial charge < -0.3 is 4.79 Å². The lowest BCUT2D eigenvalue weighted by molar-refractivity contribution is -0.108. The second-order valence-electron chi connectivity index (χ2n) is 2.43. The van der Waals surface area contributed by atoms with Crippen molar-refractivity contribution in [3.8, 4) is 0 Å². The Hall–Kier alpha value is -1.71. The average molecular weight is 161 g/mol. The smallest absolute Gasteiger partial charge is 0.141 e. The van der Waals surface area contributed by atoms with Gasteiger partial charge in [0.2, 0.25) is 0 Å². The topological polar surface area (TPSA) is 47.8 Å². The van der Waals surface area contributed by atoms with Crippen LogP contribution in [0.4, 0.5) is 0 Å². The minimum Gasteiger partial charge on any atom is -0.301 e. The Bertz CT molecular complexity index is 407. The zero-order valence-corrected chi connectivity index (χ0v) is 6.34. The van der Waals surface area contributed by atoms with Crippen LogP contribution in [0.25, 0.3) is 11.0 Å². The van der Waals surface area contributed by atoms with Gasteiger partial charge in [0.25, 0.3) is 0 Å². The van der Waals surface area contributed by atoms with Gasteiger partial charge in [-0.1, -0.05) is 17.3 Å². The summed E-state index contributed by atoms with van der Waals surface area (Å²) in [6, 6.07) is 7.54. The van der Waals surface area contributed by atoms with Gasteiger partial charge in [0.05, 0.1) is 12.1 Å². The third kappa shape index (κ3) is 0.972. The molecule has 60 valence electrons. The SMILES string of the molecule is O=CCn1nnc2ccccc21. The van der Waals surface area contributed by atoms with E-state index in [9.17, 15) is 4.79 Å². The van der Waals surface area contributed by atoms with Crippen molar-refractivity contribution in [1.29, 1.82) is 0 Å². The van der Waals surface area contributed by atoms with E-state index in [0.717, 1.165) is 17.3 Å². The molecule has 4 heteroatoms. The van der Waals surface area contributed by atoms with Gasteiger partial charge in [0.1, 0.15) is 11.8 Å². The second kappa shape index (κ2) is 2.73. The van der Waals surface area contributed by atoms with Crippen molar-refractivity contribution < 1.29 is 4.79 Å². The zero-order valence-electron chi connectivity index (χ0n) is 6.34. The van der Waals surface area contributed by atoms with Crippen LogP contribution in [0.2, 0.25) is 0 Å². The van der Waals surface area contributed by atoms with Crippen LogP contribution in [0.5, 0.6) is 0 Å². The Kier molecular flexibility index (Phi) is 1.59. The lowest BCUT2D eigenvalue weighted by atomic mass is 10.3. The fourth-order valence-corrected chi connectivity index (χ4v) is 1.12. The molecule has 12 heavy (non-hydrogen) atoms. The molecular weight excluding hydrogens is 154 g/mol. The molecule has 2 aromatic rings. The van der Waals surface area contributed by atoms with Crippen LogP contribution in [0.3, 0.4) is 0 Å². The molecule has 0 aliphatic heterocycles. The van der Waals surface area contributed by atoms with E-state index in [1.807, 2.05) is 24.3 Å². The van der Waals surface area contributed by atoms with Gasteiger partial charge >= 0.3 is 0 Å². The van der Waals surface area contributed by atoms with E-state index in [-0.39, 0.29) is 6.54 Å². The zero-order chi connectivity index (χ0) is 8.39. The molecule has 0 amide bonds. The third-order valence-electron chi connectivity index (χ3n) is 1.67. The summed E-state index contributed by atoms with van der Waals surface area (Å²) < 4.78 is 1.57. The van der Waals surface area contributed by atoms with Gasteiger partial charge in [0, 0.05) is 0 Å². The maximum absolute atomic E-state index is 10.2. The lowest BCUT2D eigenvalue weighted by Crippen LogP contribution is -2.00. The molecule has 0 saturated carbocycles. The van der Waals surface area contributed by atoms with Crippen LogP contribution in [-0.2, 0) is 11.3 Å². The minimum absolute atomic E-state index is 0.264. The van der Waals surface area contributed by atoms with Crippen LogP contribution in [0.15, 0.2) is 24.3 Å². The van der Waals surface area contributed by atoms with Gasteiger partial charge in [-0.05, 0) is 12.1 Å². The van der Waals surface area contributed by atoms with Crippen molar-refractivity contribution in [2.75, 3.05) is 0 Å². The molecule has 0 unspecified atom stereocenters. The Morgan fingerprint density at radius 2 is 2.25 bits per heavy atom. The Balaban J connectivity index is 2.62. The molecule has 1 aromatic carbocycles. The van der Waals surface area contributed by atoms with E-state index in [4.69, 9.17) is 0 Å². The van der Waals surface area contributed by atoms with Gasteiger partial charge in [-0.2, -0.15) is 0 Å². The summed E-state index contributed by atoms with van der Waals surface area (Å²) in [5, 5.41) is 7.71. The first-order valence-corrected chi connectivity index (χ1v) is 3.63. The number of aromatic nitrogens is 3. The molecule has 0 bridgehead atoms. The molecule has 0 fully saturated rings. The van der Waals surface area contributed by atoms with E-state index in [2.05, 4.69) is 10.3 Å². The van der Waals surface area contributed by atoms with Crippen molar-refractivity contribution >= 4 is 17.3 Å². The summed E-state index contributed by atoms with van der Waals surface area (Å²) >= 11 is 0. The highest BCUT2D eigenvalue weighted by atomic mass is 16.1. The molecule has 0 aliphatic rings. The van der Waals surface area contributed by atoms with Crippen LogP contribution >= 0.6 is 0 Å². The molecular formula is C8H7N3O. The normalized spacial score (nSPS) is 10.3. The second-order valence-corrected chi connectivity index (χ2v) is 2.43. The summed E-state index contributed by atoms with van der Waals surface area (Å²) in [4.78, 5) is 10.2. The van der Waals surface area contributed by atoms with Crippen LogP contribution in [0.1, 0.15) is 0 Å². The molecule has 1 heterocycles. The van der Waals surface area contributed by atoms with Crippen molar-refractivity contribution in [2.24, 2.45) is 0 Å². The van der Waals surface area contributed by atoms with E-state index >= 15 is 0 Å². The predicted molar refractivity (Wildman–Crippen MR) is 43.6 cm³/mol. The number of hydrogen-bond acceptors (Lipinski definition) is 3. The maximum atomic E-state index is 10.2. The molecule has 2 rings (SSSR count). The number of benzene rings is 1. The van der Waals surface area contributed by atoms with Crippen molar-refractivity contribution in [1.82, 2.24) is 15.0 Å². The number of carbonyl (C=O) groups is 1. The standard InChI is InChI=1S/C8H7N3O/c12-6-5-11-8-4-2-1-3-7(8)9-10-11/h1-4,6H,5H2. The Labute approximate surface area is 68.8 Å². The molecule has 0 saturated heterocycles. The fraction of sp³-hybridized carbons (Fsp3) is 0.125. The van der Waals surface area contributed by atoms with Crippen molar-refractivity contribution in [3.05, 3.63) is 24.3 Å². The first kappa shape index (κ1) is 6.97. The predicted octanol–water partition coefficient (Wildman–Crippen LogP) is 0.630. The summed E-state index contributed by atoms with van der Waals surface area (Å²) in [6.07, 6.45) is 0.807. The largest absolute Gasteiger partial charge is 0.301 e. The first-order valence-electron chi connectivity index (χ1n) is 3.63. The molecule has 0 aliphatic carbocycles. The monoisotopic (exact) mass is 161 g/mol. The van der Waals surface area contributed by atoms with Gasteiger partial charge in [-0.25, -0.2) is 4.68 Å². The average Bonchev–Trinajstić information content (AvgIpc) is 2.50. The Morgan fingerprint density at radius 1 is 1.42 bits per heavy atom. The molecule has 0 spiro atoms. The van der Waals surface area contributed by atoms with Crippen molar-refractivity contribution in [2.45, 2.75) is 6.54 Å². The van der Waals surface area contributed by atoms with E-state index in [0.29, 0.717) is 0 Å². The molecule has 0 N–H and O–H groups in total. The van der Waals surface area contributed by atoms with Crippen LogP contribution in [0, 0.1) is 0 Å². The quantitative estimate of drug-likeness (QED) is 0.607. The summed E-state index contributed by atoms with van der Waals surface area (Å²) in [5.41, 5.74) is 1.71. The number of nitrogens with zero attached hydrogens (tertiary/aromatic N) is 3. The first-order chi connectivity index (χ1) is 5.92. The number of aldehydes is 1. The van der Waals surface area contributed by atoms with Crippen LogP contribution in [-0.4, -0.2) is 21.3 Å². The number of hydrogen-bond donors (Lipinski definition) is 0. The van der Waals surface area contributed by atoms with E-state index < -0.39 is 0 Å². The highest BCUT2D eigenvalue weighted by Crippen LogP contribution is 2.08. The number of carbonyl (C=O) groups excluding carboxylic acids is 1. The minimum atomic E-state index is 0.264. The molecule has 0 atom stereocenters. The molecule has 1 aromatic heterocycles. The molecule has 4 nitrogen and oxygen atoms in total. The number of para-hydroxylation sites is 1. The van der Waals surface area contributed by atoms with Crippen molar-refractivity contribution in [3.63, 3.8) is 0 Å². The summed E-state index contributed by atoms with van der Waals surface area (Å²) in [6.45, 7) is 0.264. The lowest BCUT2D eigenvalue weighted by Gasteiger charge is -1.92. The molecule has 0 radical (unpaired) electrons. The van der Waals surface area contributed by atoms with E-state index in [1.165, 1.54) is 0 Å². The van der Waals surface area contributed by atoms with Crippen LogP contribution < -0.4 is 0 Å². The maximum Gasteiger partial charge on any atom is 0.141 e. The summed E-state index contributed by atoms with van der Waals surface area (Å²) in [5.74, 6) is 0. The highest BCUT2D eigenvalue weighted by Gasteiger charge is 2.00. The van der Waals surface area contributed by atoms with E-state index in [1.54, 1.807) is 4.68 Å². The third-order valence-corrected chi connectivity index (χ3v) is 1.67. The fourth-order valence-electron chi connectivity index (χ4n) is 1.12. The summed E-state index contributed by atoms with van der Waals surface area (Å²) in [7, 11) is 0. The number of fused-ring (bicyclic) bond motifs is 1. The Morgan fingerprint density at radius 3 is 3.08 bits per heavy atom. The number of rotatable bonds is 2. The highest BCUT2D eigenvalue weighted by molar-refractivity contribution is 5.74. The van der Waals surface area contributed by atoms with Gasteiger partial charge in [-0.3, -0.25) is 0 Å².